The van der Waals surface area contributed by atoms with Crippen LogP contribution in [0.25, 0.3) is 0 Å². The second-order valence-corrected chi connectivity index (χ2v) is 5.59. The molecule has 5 nitrogen and oxygen atoms in total. The van der Waals surface area contributed by atoms with Crippen LogP contribution in [0.4, 0.5) is 0 Å². The third kappa shape index (κ3) is 3.14. The Morgan fingerprint density at radius 2 is 1.95 bits per heavy atom. The highest BCUT2D eigenvalue weighted by atomic mass is 35.5. The van der Waals surface area contributed by atoms with Crippen molar-refractivity contribution in [2.75, 3.05) is 32.2 Å². The molecule has 1 aromatic rings. The molecule has 0 bridgehead atoms. The van der Waals surface area contributed by atoms with Gasteiger partial charge in [-0.25, -0.2) is 0 Å². The van der Waals surface area contributed by atoms with Crippen LogP contribution in [0.3, 0.4) is 0 Å². The molecule has 1 atom stereocenters. The number of hydrogen-bond acceptors (Lipinski definition) is 3. The van der Waals surface area contributed by atoms with Crippen molar-refractivity contribution in [3.05, 3.63) is 23.0 Å². The van der Waals surface area contributed by atoms with Crippen molar-refractivity contribution in [3.8, 4) is 0 Å². The highest BCUT2D eigenvalue weighted by molar-refractivity contribution is 6.30. The third-order valence-electron chi connectivity index (χ3n) is 3.97. The van der Waals surface area contributed by atoms with E-state index in [0.29, 0.717) is 31.9 Å². The lowest BCUT2D eigenvalue weighted by Crippen LogP contribution is -2.43. The summed E-state index contributed by atoms with van der Waals surface area (Å²) >= 11 is 5.64. The van der Waals surface area contributed by atoms with E-state index in [2.05, 4.69) is 0 Å². The number of amides is 1. The Morgan fingerprint density at radius 3 is 2.52 bits per heavy atom. The monoisotopic (exact) mass is 312 g/mol. The molecular formula is C15H21ClN2O3. The van der Waals surface area contributed by atoms with Crippen LogP contribution in [0.15, 0.2) is 6.07 Å². The fourth-order valence-corrected chi connectivity index (χ4v) is 3.03. The summed E-state index contributed by atoms with van der Waals surface area (Å²) in [6.07, 6.45) is 0. The molecule has 6 heteroatoms. The first kappa shape index (κ1) is 16.0. The molecular weight excluding hydrogens is 292 g/mol. The summed E-state index contributed by atoms with van der Waals surface area (Å²) < 4.78 is 7.19. The Hall–Kier alpha value is -1.33. The molecule has 1 unspecified atom stereocenters. The normalized spacial score (nSPS) is 16.9. The van der Waals surface area contributed by atoms with Crippen molar-refractivity contribution in [1.82, 2.24) is 9.47 Å². The summed E-state index contributed by atoms with van der Waals surface area (Å²) in [6, 6.07) is 1.48. The lowest BCUT2D eigenvalue weighted by atomic mass is 10.2. The third-order valence-corrected chi connectivity index (χ3v) is 4.22. The predicted octanol–water partition coefficient (Wildman–Crippen LogP) is 1.95. The first-order chi connectivity index (χ1) is 9.97. The molecule has 1 amide bonds. The summed E-state index contributed by atoms with van der Waals surface area (Å²) in [5.41, 5.74) is 2.30. The molecule has 1 aliphatic rings. The Bertz CT molecular complexity index is 547. The summed E-state index contributed by atoms with van der Waals surface area (Å²) in [7, 11) is 0. The van der Waals surface area contributed by atoms with Gasteiger partial charge in [0.1, 0.15) is 6.04 Å². The molecule has 0 radical (unpaired) electrons. The van der Waals surface area contributed by atoms with E-state index in [1.807, 2.05) is 36.3 Å². The van der Waals surface area contributed by atoms with Gasteiger partial charge in [0.05, 0.1) is 19.1 Å². The number of aryl methyl sites for hydroxylation is 1. The zero-order valence-corrected chi connectivity index (χ0v) is 13.4. The van der Waals surface area contributed by atoms with Gasteiger partial charge in [-0.05, 0) is 26.8 Å². The fourth-order valence-electron chi connectivity index (χ4n) is 2.89. The van der Waals surface area contributed by atoms with E-state index in [9.17, 15) is 9.59 Å². The van der Waals surface area contributed by atoms with E-state index in [-0.39, 0.29) is 23.6 Å². The van der Waals surface area contributed by atoms with Crippen LogP contribution < -0.4 is 0 Å². The summed E-state index contributed by atoms with van der Waals surface area (Å²) in [4.78, 5) is 26.2. The van der Waals surface area contributed by atoms with Crippen LogP contribution in [0.1, 0.15) is 34.7 Å². The second kappa shape index (κ2) is 6.62. The van der Waals surface area contributed by atoms with E-state index in [4.69, 9.17) is 16.3 Å². The number of carbonyl (C=O) groups excluding carboxylic acids is 2. The number of alkyl halides is 1. The van der Waals surface area contributed by atoms with Crippen molar-refractivity contribution in [2.45, 2.75) is 26.8 Å². The molecule has 0 saturated carbocycles. The van der Waals surface area contributed by atoms with Crippen LogP contribution >= 0.6 is 11.6 Å². The van der Waals surface area contributed by atoms with Crippen LogP contribution in [0, 0.1) is 13.8 Å². The first-order valence-electron chi connectivity index (χ1n) is 7.11. The molecule has 21 heavy (non-hydrogen) atoms. The van der Waals surface area contributed by atoms with Crippen molar-refractivity contribution in [2.24, 2.45) is 0 Å². The van der Waals surface area contributed by atoms with Gasteiger partial charge in [0, 0.05) is 30.0 Å². The number of nitrogens with zero attached hydrogens (tertiary/aromatic N) is 2. The Morgan fingerprint density at radius 1 is 1.33 bits per heavy atom. The lowest BCUT2D eigenvalue weighted by Gasteiger charge is -2.30. The van der Waals surface area contributed by atoms with Crippen LogP contribution in [0.2, 0.25) is 0 Å². The average Bonchev–Trinajstić information content (AvgIpc) is 2.80. The van der Waals surface area contributed by atoms with Gasteiger partial charge in [0.25, 0.3) is 0 Å². The Kier molecular flexibility index (Phi) is 5.06. The second-order valence-electron chi connectivity index (χ2n) is 5.33. The van der Waals surface area contributed by atoms with Gasteiger partial charge < -0.3 is 14.2 Å². The van der Waals surface area contributed by atoms with Crippen molar-refractivity contribution in [1.29, 1.82) is 0 Å². The summed E-state index contributed by atoms with van der Waals surface area (Å²) in [6.45, 7) is 8.03. The van der Waals surface area contributed by atoms with Crippen molar-refractivity contribution in [3.63, 3.8) is 0 Å². The average molecular weight is 313 g/mol. The summed E-state index contributed by atoms with van der Waals surface area (Å²) in [5.74, 6) is -0.0946. The smallest absolute Gasteiger partial charge is 0.245 e. The van der Waals surface area contributed by atoms with E-state index >= 15 is 0 Å². The number of carbonyl (C=O) groups is 2. The van der Waals surface area contributed by atoms with Gasteiger partial charge in [-0.15, -0.1) is 11.6 Å². The molecule has 1 aromatic heterocycles. The van der Waals surface area contributed by atoms with Gasteiger partial charge >= 0.3 is 0 Å². The van der Waals surface area contributed by atoms with E-state index < -0.39 is 0 Å². The number of morpholine rings is 1. The van der Waals surface area contributed by atoms with Gasteiger partial charge in [0.15, 0.2) is 5.78 Å². The predicted molar refractivity (Wildman–Crippen MR) is 81.1 cm³/mol. The number of aromatic nitrogens is 1. The number of rotatable bonds is 4. The maximum Gasteiger partial charge on any atom is 0.245 e. The SMILES string of the molecule is Cc1cc(C(=O)CCl)c(C)n1C(C)C(=O)N1CCOCC1. The first-order valence-corrected chi connectivity index (χ1v) is 7.65. The Labute approximate surface area is 129 Å². The van der Waals surface area contributed by atoms with Crippen LogP contribution in [0.5, 0.6) is 0 Å². The molecule has 2 heterocycles. The zero-order valence-electron chi connectivity index (χ0n) is 12.7. The minimum absolute atomic E-state index is 0.0456. The van der Waals surface area contributed by atoms with E-state index in [1.54, 1.807) is 0 Å². The fraction of sp³-hybridized carbons (Fsp3) is 0.600. The molecule has 116 valence electrons. The van der Waals surface area contributed by atoms with Crippen molar-refractivity contribution < 1.29 is 14.3 Å². The topological polar surface area (TPSA) is 51.5 Å². The minimum Gasteiger partial charge on any atom is -0.378 e. The van der Waals surface area contributed by atoms with Gasteiger partial charge in [-0.2, -0.15) is 0 Å². The number of hydrogen-bond donors (Lipinski definition) is 0. The number of ether oxygens (including phenoxy) is 1. The summed E-state index contributed by atoms with van der Waals surface area (Å²) in [5, 5.41) is 0. The van der Waals surface area contributed by atoms with Gasteiger partial charge in [-0.1, -0.05) is 0 Å². The molecule has 1 saturated heterocycles. The zero-order chi connectivity index (χ0) is 15.6. The standard InChI is InChI=1S/C15H21ClN2O3/c1-10-8-13(14(19)9-16)11(2)18(10)12(3)15(20)17-4-6-21-7-5-17/h8,12H,4-7,9H2,1-3H3. The molecule has 0 aliphatic carbocycles. The molecule has 0 N–H and O–H groups in total. The number of halogens is 1. The molecule has 1 fully saturated rings. The highest BCUT2D eigenvalue weighted by Crippen LogP contribution is 2.23. The highest BCUT2D eigenvalue weighted by Gasteiger charge is 2.27. The largest absolute Gasteiger partial charge is 0.378 e. The maximum absolute atomic E-state index is 12.6. The van der Waals surface area contributed by atoms with Gasteiger partial charge in [-0.3, -0.25) is 9.59 Å². The van der Waals surface area contributed by atoms with Crippen LogP contribution in [-0.2, 0) is 9.53 Å². The molecule has 2 rings (SSSR count). The molecule has 1 aliphatic heterocycles. The van der Waals surface area contributed by atoms with Crippen LogP contribution in [-0.4, -0.2) is 53.3 Å². The molecule has 0 spiro atoms. The quantitative estimate of drug-likeness (QED) is 0.631. The Balaban J connectivity index is 2.26. The number of Topliss-reactive ketones (excluding diaryl/α,β-unsaturated/α-hetero) is 1. The maximum atomic E-state index is 12.6. The minimum atomic E-state index is -0.333. The molecule has 0 aromatic carbocycles. The van der Waals surface area contributed by atoms with E-state index in [1.165, 1.54) is 0 Å². The lowest BCUT2D eigenvalue weighted by molar-refractivity contribution is -0.138. The van der Waals surface area contributed by atoms with E-state index in [0.717, 1.165) is 11.4 Å². The van der Waals surface area contributed by atoms with Gasteiger partial charge in [0.2, 0.25) is 5.91 Å². The number of ketones is 1. The van der Waals surface area contributed by atoms with Crippen molar-refractivity contribution >= 4 is 23.3 Å².